The third kappa shape index (κ3) is 2.58. The van der Waals surface area contributed by atoms with Gasteiger partial charge >= 0.3 is 5.97 Å². The quantitative estimate of drug-likeness (QED) is 0.871. The summed E-state index contributed by atoms with van der Waals surface area (Å²) in [5, 5.41) is 18.8. The number of amides is 1. The summed E-state index contributed by atoms with van der Waals surface area (Å²) in [5.74, 6) is -1.86. The summed E-state index contributed by atoms with van der Waals surface area (Å²) in [6.07, 6.45) is 0.444. The molecule has 0 spiro atoms. The van der Waals surface area contributed by atoms with Crippen LogP contribution in [0.1, 0.15) is 23.7 Å². The van der Waals surface area contributed by atoms with Crippen LogP contribution in [0.5, 0.6) is 5.75 Å². The van der Waals surface area contributed by atoms with E-state index in [1.165, 1.54) is 17.0 Å². The van der Waals surface area contributed by atoms with Crippen LogP contribution in [0.3, 0.4) is 0 Å². The van der Waals surface area contributed by atoms with Crippen LogP contribution in [-0.2, 0) is 4.79 Å². The van der Waals surface area contributed by atoms with Gasteiger partial charge in [0, 0.05) is 17.1 Å². The second-order valence-corrected chi connectivity index (χ2v) is 5.55. The Bertz CT molecular complexity index is 531. The molecule has 2 rings (SSSR count). The molecule has 102 valence electrons. The number of hydrogen-bond donors (Lipinski definition) is 2. The summed E-state index contributed by atoms with van der Waals surface area (Å²) >= 11 is 3.21. The van der Waals surface area contributed by atoms with E-state index in [4.69, 9.17) is 5.11 Å². The molecule has 1 heterocycles. The van der Waals surface area contributed by atoms with E-state index in [1.54, 1.807) is 13.0 Å². The molecule has 0 aromatic heterocycles. The number of carbonyl (C=O) groups excluding carboxylic acids is 1. The fraction of sp³-hybridized carbons (Fsp3) is 0.385. The second-order valence-electron chi connectivity index (χ2n) is 4.63. The molecule has 2 atom stereocenters. The fourth-order valence-corrected chi connectivity index (χ4v) is 2.75. The molecule has 1 aliphatic rings. The Morgan fingerprint density at radius 1 is 1.42 bits per heavy atom. The molecule has 2 N–H and O–H groups in total. The molecule has 1 aromatic carbocycles. The Balaban J connectivity index is 2.23. The smallest absolute Gasteiger partial charge is 0.308 e. The zero-order valence-corrected chi connectivity index (χ0v) is 11.9. The molecule has 1 aliphatic heterocycles. The lowest BCUT2D eigenvalue weighted by molar-refractivity contribution is -0.142. The molecule has 0 aliphatic carbocycles. The van der Waals surface area contributed by atoms with Gasteiger partial charge in [0.25, 0.3) is 5.91 Å². The number of halogens is 1. The first kappa shape index (κ1) is 13.9. The van der Waals surface area contributed by atoms with Gasteiger partial charge in [0.15, 0.2) is 0 Å². The molecule has 0 radical (unpaired) electrons. The van der Waals surface area contributed by atoms with Crippen molar-refractivity contribution in [3.8, 4) is 5.75 Å². The Labute approximate surface area is 119 Å². The van der Waals surface area contributed by atoms with Gasteiger partial charge in [0.05, 0.1) is 11.5 Å². The van der Waals surface area contributed by atoms with Crippen molar-refractivity contribution in [1.82, 2.24) is 4.90 Å². The molecule has 1 saturated heterocycles. The largest absolute Gasteiger partial charge is 0.507 e. The van der Waals surface area contributed by atoms with Crippen LogP contribution in [-0.4, -0.2) is 39.6 Å². The van der Waals surface area contributed by atoms with E-state index in [9.17, 15) is 14.7 Å². The summed E-state index contributed by atoms with van der Waals surface area (Å²) in [5.41, 5.74) is 0.195. The van der Waals surface area contributed by atoms with Crippen molar-refractivity contribution in [3.05, 3.63) is 28.2 Å². The topological polar surface area (TPSA) is 77.8 Å². The number of aliphatic carboxylic acids is 1. The molecule has 1 aromatic rings. The van der Waals surface area contributed by atoms with Gasteiger partial charge in [-0.25, -0.2) is 0 Å². The van der Waals surface area contributed by atoms with Gasteiger partial charge in [-0.2, -0.15) is 0 Å². The van der Waals surface area contributed by atoms with Gasteiger partial charge in [-0.1, -0.05) is 15.9 Å². The van der Waals surface area contributed by atoms with E-state index >= 15 is 0 Å². The van der Waals surface area contributed by atoms with Crippen molar-refractivity contribution >= 4 is 27.8 Å². The SMILES string of the molecule is CC1C(C(=O)O)CCN1C(=O)c1ccc(Br)cc1O. The molecule has 19 heavy (non-hydrogen) atoms. The molecule has 5 nitrogen and oxygen atoms in total. The van der Waals surface area contributed by atoms with Crippen LogP contribution >= 0.6 is 15.9 Å². The molecule has 0 bridgehead atoms. The number of hydrogen-bond acceptors (Lipinski definition) is 3. The van der Waals surface area contributed by atoms with Crippen LogP contribution < -0.4 is 0 Å². The molecular weight excluding hydrogens is 314 g/mol. The molecular formula is C13H14BrNO4. The lowest BCUT2D eigenvalue weighted by Gasteiger charge is -2.23. The highest BCUT2D eigenvalue weighted by Gasteiger charge is 2.38. The molecule has 6 heteroatoms. The summed E-state index contributed by atoms with van der Waals surface area (Å²) in [4.78, 5) is 24.9. The normalized spacial score (nSPS) is 22.5. The van der Waals surface area contributed by atoms with Crippen LogP contribution in [0.4, 0.5) is 0 Å². The van der Waals surface area contributed by atoms with Crippen molar-refractivity contribution in [3.63, 3.8) is 0 Å². The minimum absolute atomic E-state index is 0.106. The number of likely N-dealkylation sites (tertiary alicyclic amines) is 1. The van der Waals surface area contributed by atoms with E-state index in [0.717, 1.165) is 0 Å². The van der Waals surface area contributed by atoms with Crippen LogP contribution in [0, 0.1) is 5.92 Å². The second kappa shape index (κ2) is 5.21. The highest BCUT2D eigenvalue weighted by molar-refractivity contribution is 9.10. The van der Waals surface area contributed by atoms with Crippen molar-refractivity contribution in [2.45, 2.75) is 19.4 Å². The van der Waals surface area contributed by atoms with Crippen LogP contribution in [0.2, 0.25) is 0 Å². The van der Waals surface area contributed by atoms with E-state index in [-0.39, 0.29) is 23.3 Å². The predicted molar refractivity (Wildman–Crippen MR) is 72.0 cm³/mol. The Hall–Kier alpha value is -1.56. The van der Waals surface area contributed by atoms with Gasteiger partial charge in [-0.3, -0.25) is 9.59 Å². The zero-order valence-electron chi connectivity index (χ0n) is 10.3. The average molecular weight is 328 g/mol. The van der Waals surface area contributed by atoms with E-state index in [1.807, 2.05) is 0 Å². The van der Waals surface area contributed by atoms with Gasteiger partial charge in [0.1, 0.15) is 5.75 Å². The van der Waals surface area contributed by atoms with Gasteiger partial charge in [0.2, 0.25) is 0 Å². The number of aromatic hydroxyl groups is 1. The van der Waals surface area contributed by atoms with E-state index < -0.39 is 11.9 Å². The predicted octanol–water partition coefficient (Wildman–Crippen LogP) is 2.09. The van der Waals surface area contributed by atoms with E-state index in [2.05, 4.69) is 15.9 Å². The minimum Gasteiger partial charge on any atom is -0.507 e. The Kier molecular flexibility index (Phi) is 3.80. The minimum atomic E-state index is -0.886. The van der Waals surface area contributed by atoms with Crippen molar-refractivity contribution in [2.24, 2.45) is 5.92 Å². The van der Waals surface area contributed by atoms with Gasteiger partial charge in [-0.05, 0) is 31.5 Å². The van der Waals surface area contributed by atoms with Crippen molar-refractivity contribution < 1.29 is 19.8 Å². The van der Waals surface area contributed by atoms with Gasteiger partial charge < -0.3 is 15.1 Å². The number of phenols is 1. The number of carboxylic acids is 1. The molecule has 0 saturated carbocycles. The maximum absolute atomic E-state index is 12.3. The number of benzene rings is 1. The Morgan fingerprint density at radius 2 is 2.11 bits per heavy atom. The molecule has 1 fully saturated rings. The lowest BCUT2D eigenvalue weighted by Crippen LogP contribution is -2.37. The maximum Gasteiger partial charge on any atom is 0.308 e. The van der Waals surface area contributed by atoms with Gasteiger partial charge in [-0.15, -0.1) is 0 Å². The Morgan fingerprint density at radius 3 is 2.63 bits per heavy atom. The molecule has 1 amide bonds. The third-order valence-corrected chi connectivity index (χ3v) is 4.02. The third-order valence-electron chi connectivity index (χ3n) is 3.52. The number of carboxylic acid groups (broad SMARTS) is 1. The first-order valence-electron chi connectivity index (χ1n) is 5.94. The molecule has 2 unspecified atom stereocenters. The number of phenolic OH excluding ortho intramolecular Hbond substituents is 1. The number of nitrogens with zero attached hydrogens (tertiary/aromatic N) is 1. The lowest BCUT2D eigenvalue weighted by atomic mass is 10.0. The first-order valence-corrected chi connectivity index (χ1v) is 6.73. The highest BCUT2D eigenvalue weighted by atomic mass is 79.9. The monoisotopic (exact) mass is 327 g/mol. The fourth-order valence-electron chi connectivity index (χ4n) is 2.40. The summed E-state index contributed by atoms with van der Waals surface area (Å²) in [6.45, 7) is 2.12. The number of rotatable bonds is 2. The maximum atomic E-state index is 12.3. The first-order chi connectivity index (χ1) is 8.91. The summed E-state index contributed by atoms with van der Waals surface area (Å²) in [7, 11) is 0. The zero-order chi connectivity index (χ0) is 14.2. The van der Waals surface area contributed by atoms with Crippen LogP contribution in [0.25, 0.3) is 0 Å². The van der Waals surface area contributed by atoms with E-state index in [0.29, 0.717) is 17.4 Å². The van der Waals surface area contributed by atoms with Crippen molar-refractivity contribution in [2.75, 3.05) is 6.54 Å². The summed E-state index contributed by atoms with van der Waals surface area (Å²) < 4.78 is 0.680. The summed E-state index contributed by atoms with van der Waals surface area (Å²) in [6, 6.07) is 4.28. The average Bonchev–Trinajstić information content (AvgIpc) is 2.70. The highest BCUT2D eigenvalue weighted by Crippen LogP contribution is 2.29. The number of carbonyl (C=O) groups is 2. The van der Waals surface area contributed by atoms with Crippen molar-refractivity contribution in [1.29, 1.82) is 0 Å². The standard InChI is InChI=1S/C13H14BrNO4/c1-7-9(13(18)19)4-5-15(7)12(17)10-3-2-8(14)6-11(10)16/h2-3,6-7,9,16H,4-5H2,1H3,(H,18,19). The van der Waals surface area contributed by atoms with Crippen LogP contribution in [0.15, 0.2) is 22.7 Å².